The number of halogens is 2. The first-order valence-electron chi connectivity index (χ1n) is 11.9. The number of carbonyl (C=O) groups excluding carboxylic acids is 1. The minimum Gasteiger partial charge on any atom is -0.489 e. The van der Waals surface area contributed by atoms with Gasteiger partial charge in [-0.1, -0.05) is 65.7 Å². The van der Waals surface area contributed by atoms with E-state index in [1.54, 1.807) is 18.2 Å². The topological polar surface area (TPSA) is 84.7 Å². The lowest BCUT2D eigenvalue weighted by atomic mass is 9.77. The van der Waals surface area contributed by atoms with Crippen LogP contribution in [0.2, 0.25) is 10.0 Å². The summed E-state index contributed by atoms with van der Waals surface area (Å²) >= 11 is 12.4. The molecule has 36 heavy (non-hydrogen) atoms. The highest BCUT2D eigenvalue weighted by molar-refractivity contribution is 6.35. The van der Waals surface area contributed by atoms with Gasteiger partial charge in [-0.25, -0.2) is 0 Å². The molecule has 0 aliphatic carbocycles. The van der Waals surface area contributed by atoms with Gasteiger partial charge in [0.25, 0.3) is 11.9 Å². The number of amides is 1. The van der Waals surface area contributed by atoms with Crippen LogP contribution in [0.3, 0.4) is 0 Å². The summed E-state index contributed by atoms with van der Waals surface area (Å²) in [5, 5.41) is 16.8. The lowest BCUT2D eigenvalue weighted by molar-refractivity contribution is -0.534. The number of benzene rings is 3. The zero-order valence-corrected chi connectivity index (χ0v) is 20.7. The van der Waals surface area contributed by atoms with E-state index in [0.717, 1.165) is 24.0 Å². The number of hydrogen-bond acceptors (Lipinski definition) is 5. The van der Waals surface area contributed by atoms with Gasteiger partial charge in [0.15, 0.2) is 5.54 Å². The third-order valence-corrected chi connectivity index (χ3v) is 8.36. The SMILES string of the molecule is O=C1Nc2ccccc2[C@]12[C@H]([N+](=O)[O-])[C@H](c1ccccc1OCc1ccc(Cl)cc1Cl)[C@H]1CCCN12. The van der Waals surface area contributed by atoms with Crippen molar-refractivity contribution in [2.75, 3.05) is 11.9 Å². The molecule has 3 aromatic carbocycles. The standard InChI is InChI=1S/C27H23Cl2N3O4/c28-17-12-11-16(20(29)14-17)15-36-23-10-4-1-6-18(23)24-22-9-5-13-31(22)27(25(24)32(34)35)19-7-2-3-8-21(19)30-26(27)33/h1-4,6-8,10-12,14,22,24-25H,5,9,13,15H2,(H,30,33)/t22-,24-,25-,27+/m1/s1. The van der Waals surface area contributed by atoms with E-state index in [9.17, 15) is 14.9 Å². The van der Waals surface area contributed by atoms with Crippen molar-refractivity contribution >= 4 is 34.8 Å². The molecule has 7 nitrogen and oxygen atoms in total. The molecule has 3 heterocycles. The van der Waals surface area contributed by atoms with Crippen LogP contribution in [0.5, 0.6) is 5.75 Å². The smallest absolute Gasteiger partial charge is 0.256 e. The first-order valence-corrected chi connectivity index (χ1v) is 12.7. The second kappa shape index (κ2) is 8.76. The number of hydrogen-bond donors (Lipinski definition) is 1. The molecular weight excluding hydrogens is 501 g/mol. The van der Waals surface area contributed by atoms with Gasteiger partial charge in [0, 0.05) is 49.9 Å². The highest BCUT2D eigenvalue weighted by atomic mass is 35.5. The average molecular weight is 524 g/mol. The van der Waals surface area contributed by atoms with Crippen LogP contribution in [0.25, 0.3) is 0 Å². The number of rotatable bonds is 5. The van der Waals surface area contributed by atoms with Crippen LogP contribution in [0.1, 0.15) is 35.4 Å². The van der Waals surface area contributed by atoms with Crippen LogP contribution >= 0.6 is 23.2 Å². The Kier molecular flexibility index (Phi) is 5.67. The van der Waals surface area contributed by atoms with Crippen molar-refractivity contribution in [1.29, 1.82) is 0 Å². The molecule has 1 amide bonds. The Hall–Kier alpha value is -3.13. The molecule has 0 saturated carbocycles. The maximum atomic E-state index is 13.6. The van der Waals surface area contributed by atoms with E-state index in [0.29, 0.717) is 33.6 Å². The first kappa shape index (κ1) is 23.3. The molecule has 3 aliphatic heterocycles. The number of carbonyl (C=O) groups is 1. The van der Waals surface area contributed by atoms with Gasteiger partial charge in [0.05, 0.1) is 5.92 Å². The highest BCUT2D eigenvalue weighted by Crippen LogP contribution is 2.58. The lowest BCUT2D eigenvalue weighted by Crippen LogP contribution is -2.55. The Labute approximate surface area is 218 Å². The van der Waals surface area contributed by atoms with Gasteiger partial charge in [0.2, 0.25) is 0 Å². The van der Waals surface area contributed by atoms with Crippen LogP contribution in [-0.2, 0) is 16.9 Å². The second-order valence-corrected chi connectivity index (χ2v) is 10.3. The van der Waals surface area contributed by atoms with Crippen LogP contribution < -0.4 is 10.1 Å². The van der Waals surface area contributed by atoms with Gasteiger partial charge in [-0.15, -0.1) is 0 Å². The fourth-order valence-corrected chi connectivity index (χ4v) is 6.89. The minimum absolute atomic E-state index is 0.166. The summed E-state index contributed by atoms with van der Waals surface area (Å²) in [5.74, 6) is -0.307. The number of anilines is 1. The summed E-state index contributed by atoms with van der Waals surface area (Å²) in [6.45, 7) is 0.808. The zero-order valence-electron chi connectivity index (χ0n) is 19.2. The van der Waals surface area contributed by atoms with E-state index < -0.39 is 17.5 Å². The molecule has 1 N–H and O–H groups in total. The number of fused-ring (bicyclic) bond motifs is 4. The first-order chi connectivity index (χ1) is 17.4. The van der Waals surface area contributed by atoms with Crippen molar-refractivity contribution in [3.63, 3.8) is 0 Å². The van der Waals surface area contributed by atoms with Crippen LogP contribution in [0, 0.1) is 10.1 Å². The average Bonchev–Trinajstić information content (AvgIpc) is 3.52. The summed E-state index contributed by atoms with van der Waals surface area (Å²) in [5.41, 5.74) is 1.45. The second-order valence-electron chi connectivity index (χ2n) is 9.49. The Morgan fingerprint density at radius 2 is 1.89 bits per heavy atom. The molecule has 2 saturated heterocycles. The quantitative estimate of drug-likeness (QED) is 0.346. The van der Waals surface area contributed by atoms with E-state index >= 15 is 0 Å². The molecule has 184 valence electrons. The van der Waals surface area contributed by atoms with Crippen LogP contribution in [0.4, 0.5) is 5.69 Å². The molecule has 2 fully saturated rings. The molecule has 1 spiro atoms. The normalized spacial score (nSPS) is 26.6. The summed E-state index contributed by atoms with van der Waals surface area (Å²) in [4.78, 5) is 28.3. The Balaban J connectivity index is 1.45. The van der Waals surface area contributed by atoms with Crippen molar-refractivity contribution < 1.29 is 14.5 Å². The maximum absolute atomic E-state index is 13.6. The molecule has 0 bridgehead atoms. The molecule has 0 unspecified atom stereocenters. The molecule has 0 aromatic heterocycles. The van der Waals surface area contributed by atoms with Gasteiger partial charge in [-0.05, 0) is 37.1 Å². The van der Waals surface area contributed by atoms with E-state index in [2.05, 4.69) is 10.2 Å². The highest BCUT2D eigenvalue weighted by Gasteiger charge is 2.73. The predicted octanol–water partition coefficient (Wildman–Crippen LogP) is 5.63. The summed E-state index contributed by atoms with van der Waals surface area (Å²) in [6.07, 6.45) is 1.63. The molecule has 3 aromatic rings. The largest absolute Gasteiger partial charge is 0.489 e. The van der Waals surface area contributed by atoms with Gasteiger partial charge in [-0.3, -0.25) is 19.8 Å². The van der Waals surface area contributed by atoms with E-state index in [-0.39, 0.29) is 23.5 Å². The third kappa shape index (κ3) is 3.34. The molecule has 4 atom stereocenters. The van der Waals surface area contributed by atoms with Gasteiger partial charge >= 0.3 is 0 Å². The van der Waals surface area contributed by atoms with Crippen LogP contribution in [-0.4, -0.2) is 34.4 Å². The summed E-state index contributed by atoms with van der Waals surface area (Å²) in [6, 6.07) is 18.6. The summed E-state index contributed by atoms with van der Waals surface area (Å²) < 4.78 is 6.21. The number of para-hydroxylation sites is 2. The molecule has 0 radical (unpaired) electrons. The number of nitro groups is 1. The van der Waals surface area contributed by atoms with Crippen molar-refractivity contribution in [2.24, 2.45) is 0 Å². The van der Waals surface area contributed by atoms with Gasteiger partial charge < -0.3 is 10.1 Å². The van der Waals surface area contributed by atoms with Crippen molar-refractivity contribution in [3.8, 4) is 5.75 Å². The summed E-state index contributed by atoms with van der Waals surface area (Å²) in [7, 11) is 0. The number of nitrogens with one attached hydrogen (secondary N) is 1. The van der Waals surface area contributed by atoms with Crippen LogP contribution in [0.15, 0.2) is 66.7 Å². The lowest BCUT2D eigenvalue weighted by Gasteiger charge is -2.32. The van der Waals surface area contributed by atoms with Gasteiger partial charge in [0.1, 0.15) is 12.4 Å². The minimum atomic E-state index is -1.36. The molecular formula is C27H23Cl2N3O4. The fourth-order valence-electron chi connectivity index (χ4n) is 6.43. The predicted molar refractivity (Wildman–Crippen MR) is 137 cm³/mol. The monoisotopic (exact) mass is 523 g/mol. The fraction of sp³-hybridized carbons (Fsp3) is 0.296. The van der Waals surface area contributed by atoms with E-state index in [4.69, 9.17) is 27.9 Å². The van der Waals surface area contributed by atoms with Gasteiger partial charge in [-0.2, -0.15) is 0 Å². The van der Waals surface area contributed by atoms with Crippen molar-refractivity contribution in [2.45, 2.75) is 43.0 Å². The Morgan fingerprint density at radius 3 is 2.69 bits per heavy atom. The van der Waals surface area contributed by atoms with E-state index in [1.807, 2.05) is 48.5 Å². The number of nitrogens with zero attached hydrogens (tertiary/aromatic N) is 2. The number of ether oxygens (including phenoxy) is 1. The van der Waals surface area contributed by atoms with E-state index in [1.165, 1.54) is 0 Å². The zero-order chi connectivity index (χ0) is 25.0. The Bertz CT molecular complexity index is 1380. The maximum Gasteiger partial charge on any atom is 0.256 e. The van der Waals surface area contributed by atoms with Crippen molar-refractivity contribution in [3.05, 3.63) is 104 Å². The molecule has 3 aliphatic rings. The third-order valence-electron chi connectivity index (χ3n) is 7.77. The molecule has 6 rings (SSSR count). The van der Waals surface area contributed by atoms with Crippen molar-refractivity contribution in [1.82, 2.24) is 4.90 Å². The molecule has 9 heteroatoms. The Morgan fingerprint density at radius 1 is 1.11 bits per heavy atom.